The number of carboxylic acid groups (broad SMARTS) is 1. The highest BCUT2D eigenvalue weighted by Gasteiger charge is 2.03. The van der Waals surface area contributed by atoms with Crippen molar-refractivity contribution in [3.05, 3.63) is 18.2 Å². The lowest BCUT2D eigenvalue weighted by Gasteiger charge is -2.07. The molecule has 0 atom stereocenters. The van der Waals surface area contributed by atoms with Crippen LogP contribution in [0.25, 0.3) is 0 Å². The van der Waals surface area contributed by atoms with Crippen LogP contribution in [0.3, 0.4) is 0 Å². The first-order valence-electron chi connectivity index (χ1n) is 4.66. The van der Waals surface area contributed by atoms with Crippen LogP contribution in [0.4, 0.5) is 5.69 Å². The van der Waals surface area contributed by atoms with Crippen molar-refractivity contribution in [1.82, 2.24) is 0 Å². The Morgan fingerprint density at radius 3 is 2.32 bits per heavy atom. The number of ether oxygens (including phenoxy) is 1. The first-order chi connectivity index (χ1) is 8.63. The van der Waals surface area contributed by atoms with Crippen molar-refractivity contribution < 1.29 is 37.3 Å². The van der Waals surface area contributed by atoms with E-state index in [0.29, 0.717) is 11.4 Å². The van der Waals surface area contributed by atoms with Crippen LogP contribution in [0.15, 0.2) is 18.2 Å². The van der Waals surface area contributed by atoms with Crippen molar-refractivity contribution in [2.75, 3.05) is 19.0 Å². The van der Waals surface area contributed by atoms with Gasteiger partial charge in [-0.2, -0.15) is 8.42 Å². The Hall–Kier alpha value is -2.04. The molecular weight excluding hydrogens is 282 g/mol. The van der Waals surface area contributed by atoms with Crippen molar-refractivity contribution in [3.8, 4) is 11.5 Å². The number of phenolic OH excluding ortho intramolecular Hbond substituents is 1. The zero-order chi connectivity index (χ0) is 15.1. The first kappa shape index (κ1) is 17.0. The summed E-state index contributed by atoms with van der Waals surface area (Å²) in [6, 6.07) is 4.53. The SMILES string of the molecule is COc1cc(NCC(=O)O)ccc1O.O=S(=O)(O)O. The van der Waals surface area contributed by atoms with E-state index in [1.807, 2.05) is 0 Å². The molecule has 108 valence electrons. The molecule has 0 aliphatic rings. The number of anilines is 1. The van der Waals surface area contributed by atoms with Crippen molar-refractivity contribution in [1.29, 1.82) is 0 Å². The molecule has 0 aliphatic carbocycles. The molecule has 0 fully saturated rings. The van der Waals surface area contributed by atoms with Gasteiger partial charge >= 0.3 is 16.4 Å². The van der Waals surface area contributed by atoms with E-state index in [1.165, 1.54) is 19.2 Å². The van der Waals surface area contributed by atoms with Gasteiger partial charge < -0.3 is 20.3 Å². The highest BCUT2D eigenvalue weighted by molar-refractivity contribution is 7.79. The van der Waals surface area contributed by atoms with Gasteiger partial charge in [0, 0.05) is 11.8 Å². The fourth-order valence-corrected chi connectivity index (χ4v) is 0.965. The van der Waals surface area contributed by atoms with Crippen molar-refractivity contribution >= 4 is 22.1 Å². The number of aliphatic carboxylic acids is 1. The first-order valence-corrected chi connectivity index (χ1v) is 6.05. The van der Waals surface area contributed by atoms with Gasteiger partial charge in [0.15, 0.2) is 11.5 Å². The van der Waals surface area contributed by atoms with Crippen LogP contribution in [0.2, 0.25) is 0 Å². The Morgan fingerprint density at radius 2 is 1.89 bits per heavy atom. The van der Waals surface area contributed by atoms with Crippen molar-refractivity contribution in [3.63, 3.8) is 0 Å². The van der Waals surface area contributed by atoms with E-state index in [0.717, 1.165) is 0 Å². The Morgan fingerprint density at radius 1 is 1.37 bits per heavy atom. The molecule has 1 aromatic carbocycles. The van der Waals surface area contributed by atoms with Crippen LogP contribution < -0.4 is 10.1 Å². The molecule has 0 saturated heterocycles. The normalized spacial score (nSPS) is 10.1. The maximum atomic E-state index is 10.3. The molecule has 0 amide bonds. The van der Waals surface area contributed by atoms with Gasteiger partial charge in [-0.25, -0.2) is 0 Å². The average molecular weight is 295 g/mol. The van der Waals surface area contributed by atoms with E-state index in [2.05, 4.69) is 5.32 Å². The quantitative estimate of drug-likeness (QED) is 0.388. The van der Waals surface area contributed by atoms with Gasteiger partial charge in [0.1, 0.15) is 6.54 Å². The van der Waals surface area contributed by atoms with E-state index in [-0.39, 0.29) is 12.3 Å². The third-order valence-electron chi connectivity index (χ3n) is 1.62. The summed E-state index contributed by atoms with van der Waals surface area (Å²) >= 11 is 0. The topological polar surface area (TPSA) is 153 Å². The van der Waals surface area contributed by atoms with E-state index in [4.69, 9.17) is 27.4 Å². The highest BCUT2D eigenvalue weighted by atomic mass is 32.3. The Labute approximate surface area is 109 Å². The number of carbonyl (C=O) groups is 1. The van der Waals surface area contributed by atoms with Gasteiger partial charge in [-0.3, -0.25) is 13.9 Å². The highest BCUT2D eigenvalue weighted by Crippen LogP contribution is 2.28. The maximum Gasteiger partial charge on any atom is 0.394 e. The smallest absolute Gasteiger partial charge is 0.394 e. The summed E-state index contributed by atoms with van der Waals surface area (Å²) in [5.41, 5.74) is 0.585. The largest absolute Gasteiger partial charge is 0.504 e. The molecule has 5 N–H and O–H groups in total. The van der Waals surface area contributed by atoms with Crippen LogP contribution in [0.5, 0.6) is 11.5 Å². The number of rotatable bonds is 4. The molecular formula is C9H13NO8S. The minimum Gasteiger partial charge on any atom is -0.504 e. The number of hydrogen-bond acceptors (Lipinski definition) is 6. The monoisotopic (exact) mass is 295 g/mol. The third kappa shape index (κ3) is 9.64. The van der Waals surface area contributed by atoms with E-state index in [9.17, 15) is 9.90 Å². The number of benzene rings is 1. The van der Waals surface area contributed by atoms with Gasteiger partial charge in [-0.1, -0.05) is 0 Å². The van der Waals surface area contributed by atoms with Crippen LogP contribution in [0.1, 0.15) is 0 Å². The summed E-state index contributed by atoms with van der Waals surface area (Å²) in [6.07, 6.45) is 0. The van der Waals surface area contributed by atoms with Gasteiger partial charge in [-0.05, 0) is 12.1 Å². The van der Waals surface area contributed by atoms with Crippen LogP contribution in [-0.4, -0.2) is 47.4 Å². The zero-order valence-corrected chi connectivity index (χ0v) is 10.6. The van der Waals surface area contributed by atoms with Crippen LogP contribution in [-0.2, 0) is 15.2 Å². The molecule has 10 heteroatoms. The Kier molecular flexibility index (Phi) is 6.61. The number of phenols is 1. The van der Waals surface area contributed by atoms with E-state index < -0.39 is 16.4 Å². The number of aromatic hydroxyl groups is 1. The van der Waals surface area contributed by atoms with E-state index >= 15 is 0 Å². The van der Waals surface area contributed by atoms with Gasteiger partial charge in [0.05, 0.1) is 7.11 Å². The second-order valence-electron chi connectivity index (χ2n) is 3.08. The summed E-state index contributed by atoms with van der Waals surface area (Å²) in [4.78, 5) is 10.3. The fourth-order valence-electron chi connectivity index (χ4n) is 0.965. The minimum atomic E-state index is -4.67. The molecule has 1 rings (SSSR count). The van der Waals surface area contributed by atoms with Gasteiger partial charge in [0.2, 0.25) is 0 Å². The average Bonchev–Trinajstić information content (AvgIpc) is 2.25. The lowest BCUT2D eigenvalue weighted by molar-refractivity contribution is -0.134. The second-order valence-corrected chi connectivity index (χ2v) is 3.98. The van der Waals surface area contributed by atoms with E-state index in [1.54, 1.807) is 6.07 Å². The molecule has 0 aliphatic heterocycles. The molecule has 19 heavy (non-hydrogen) atoms. The molecule has 0 unspecified atom stereocenters. The lowest BCUT2D eigenvalue weighted by Crippen LogP contribution is -2.12. The number of hydrogen-bond donors (Lipinski definition) is 5. The zero-order valence-electron chi connectivity index (χ0n) is 9.77. The lowest BCUT2D eigenvalue weighted by atomic mass is 10.3. The van der Waals surface area contributed by atoms with Crippen molar-refractivity contribution in [2.45, 2.75) is 0 Å². The molecule has 0 spiro atoms. The molecule has 9 nitrogen and oxygen atoms in total. The van der Waals surface area contributed by atoms with Crippen LogP contribution in [0, 0.1) is 0 Å². The number of methoxy groups -OCH3 is 1. The summed E-state index contributed by atoms with van der Waals surface area (Å²) < 4.78 is 36.4. The number of nitrogens with one attached hydrogen (secondary N) is 1. The predicted octanol–water partition coefficient (Wildman–Crippen LogP) is 0.245. The van der Waals surface area contributed by atoms with Crippen molar-refractivity contribution in [2.24, 2.45) is 0 Å². The summed E-state index contributed by atoms with van der Waals surface area (Å²) in [7, 11) is -3.24. The molecule has 1 aromatic rings. The molecule has 0 saturated carbocycles. The van der Waals surface area contributed by atoms with Gasteiger partial charge in [0.25, 0.3) is 0 Å². The second kappa shape index (κ2) is 7.41. The minimum absolute atomic E-state index is 0.0216. The predicted molar refractivity (Wildman–Crippen MR) is 65.0 cm³/mol. The Bertz CT molecular complexity index is 519. The molecule has 0 heterocycles. The fraction of sp³-hybridized carbons (Fsp3) is 0.222. The summed E-state index contributed by atoms with van der Waals surface area (Å²) in [5.74, 6) is -0.620. The molecule has 0 radical (unpaired) electrons. The molecule has 0 bridgehead atoms. The maximum absolute atomic E-state index is 10.3. The number of carboxylic acids is 1. The van der Waals surface area contributed by atoms with Gasteiger partial charge in [-0.15, -0.1) is 0 Å². The summed E-state index contributed by atoms with van der Waals surface area (Å²) in [6.45, 7) is -0.173. The third-order valence-corrected chi connectivity index (χ3v) is 1.62. The summed E-state index contributed by atoms with van der Waals surface area (Å²) in [5, 5.41) is 20.3. The molecule has 0 aromatic heterocycles. The van der Waals surface area contributed by atoms with Crippen LogP contribution >= 0.6 is 0 Å². The Balaban J connectivity index is 0.000000555. The standard InChI is InChI=1S/C9H11NO4.H2O4S/c1-14-8-4-6(2-3-7(8)11)10-5-9(12)13;1-5(2,3)4/h2-4,10-11H,5H2,1H3,(H,12,13);(H2,1,2,3,4).